The van der Waals surface area contributed by atoms with Gasteiger partial charge in [0.1, 0.15) is 11.3 Å². The fourth-order valence-corrected chi connectivity index (χ4v) is 2.06. The number of nitrogens with one attached hydrogen (secondary N) is 1. The van der Waals surface area contributed by atoms with Crippen LogP contribution in [0.5, 0.6) is 0 Å². The molecule has 0 spiro atoms. The van der Waals surface area contributed by atoms with Crippen LogP contribution in [0.3, 0.4) is 0 Å². The summed E-state index contributed by atoms with van der Waals surface area (Å²) in [6, 6.07) is -0.103. The molecule has 2 unspecified atom stereocenters. The maximum absolute atomic E-state index is 14.3. The molecule has 1 amide bonds. The van der Waals surface area contributed by atoms with Crippen LogP contribution in [-0.4, -0.2) is 29.9 Å². The molecule has 4 nitrogen and oxygen atoms in total. The molecule has 17 heavy (non-hydrogen) atoms. The number of hydrogen-bond acceptors (Lipinski definition) is 3. The molecule has 0 heterocycles. The van der Waals surface area contributed by atoms with Crippen molar-refractivity contribution in [1.29, 1.82) is 0 Å². The Morgan fingerprint density at radius 2 is 2.24 bits per heavy atom. The van der Waals surface area contributed by atoms with Gasteiger partial charge in [0.05, 0.1) is 6.54 Å². The number of carbonyl (C=O) groups is 1. The van der Waals surface area contributed by atoms with Crippen LogP contribution in [0.1, 0.15) is 46.5 Å². The van der Waals surface area contributed by atoms with E-state index in [1.54, 1.807) is 20.8 Å². The van der Waals surface area contributed by atoms with Crippen molar-refractivity contribution in [2.75, 3.05) is 6.54 Å². The van der Waals surface area contributed by atoms with E-state index in [1.807, 2.05) is 0 Å². The molecule has 2 atom stereocenters. The fourth-order valence-electron chi connectivity index (χ4n) is 2.06. The largest absolute Gasteiger partial charge is 0.444 e. The minimum atomic E-state index is -1.38. The molecule has 0 aromatic carbocycles. The summed E-state index contributed by atoms with van der Waals surface area (Å²) < 4.78 is 19.3. The third kappa shape index (κ3) is 5.35. The van der Waals surface area contributed by atoms with Gasteiger partial charge in [-0.1, -0.05) is 0 Å². The molecule has 1 aliphatic rings. The van der Waals surface area contributed by atoms with E-state index in [-0.39, 0.29) is 12.6 Å². The lowest BCUT2D eigenvalue weighted by atomic mass is 9.83. The van der Waals surface area contributed by atoms with Crippen molar-refractivity contribution in [3.8, 4) is 0 Å². The second kappa shape index (κ2) is 5.21. The standard InChI is InChI=1S/C12H23FN2O2/c1-11(2,3)17-10(16)15-8-12(13)6-4-5-9(14)7-12/h9H,4-8,14H2,1-3H3,(H,15,16). The summed E-state index contributed by atoms with van der Waals surface area (Å²) in [4.78, 5) is 11.4. The number of rotatable bonds is 2. The smallest absolute Gasteiger partial charge is 0.407 e. The third-order valence-corrected chi connectivity index (χ3v) is 2.78. The molecule has 1 rings (SSSR count). The Kier molecular flexibility index (Phi) is 4.36. The van der Waals surface area contributed by atoms with Gasteiger partial charge in [0, 0.05) is 6.04 Å². The van der Waals surface area contributed by atoms with Crippen LogP contribution in [0.25, 0.3) is 0 Å². The van der Waals surface area contributed by atoms with Gasteiger partial charge in [0.2, 0.25) is 0 Å². The Morgan fingerprint density at radius 3 is 2.76 bits per heavy atom. The Morgan fingerprint density at radius 1 is 1.59 bits per heavy atom. The zero-order valence-corrected chi connectivity index (χ0v) is 10.9. The highest BCUT2D eigenvalue weighted by Crippen LogP contribution is 2.30. The summed E-state index contributed by atoms with van der Waals surface area (Å²) >= 11 is 0. The summed E-state index contributed by atoms with van der Waals surface area (Å²) in [6.45, 7) is 5.30. The first-order valence-electron chi connectivity index (χ1n) is 6.12. The van der Waals surface area contributed by atoms with E-state index in [4.69, 9.17) is 10.5 Å². The summed E-state index contributed by atoms with van der Waals surface area (Å²) in [5, 5.41) is 2.48. The van der Waals surface area contributed by atoms with Gasteiger partial charge in [0.25, 0.3) is 0 Å². The molecule has 1 fully saturated rings. The second-order valence-corrected chi connectivity index (χ2v) is 5.86. The van der Waals surface area contributed by atoms with E-state index in [0.717, 1.165) is 12.8 Å². The number of halogens is 1. The van der Waals surface area contributed by atoms with E-state index in [2.05, 4.69) is 5.32 Å². The number of nitrogens with two attached hydrogens (primary N) is 1. The van der Waals surface area contributed by atoms with Gasteiger partial charge in [-0.15, -0.1) is 0 Å². The Labute approximate surface area is 102 Å². The lowest BCUT2D eigenvalue weighted by Gasteiger charge is -2.33. The zero-order valence-electron chi connectivity index (χ0n) is 10.9. The predicted octanol–water partition coefficient (Wildman–Crippen LogP) is 2.12. The van der Waals surface area contributed by atoms with Crippen molar-refractivity contribution in [1.82, 2.24) is 5.32 Å². The first-order valence-corrected chi connectivity index (χ1v) is 6.12. The van der Waals surface area contributed by atoms with Gasteiger partial charge in [0.15, 0.2) is 0 Å². The van der Waals surface area contributed by atoms with Crippen molar-refractivity contribution in [3.63, 3.8) is 0 Å². The monoisotopic (exact) mass is 246 g/mol. The Hall–Kier alpha value is -0.840. The lowest BCUT2D eigenvalue weighted by molar-refractivity contribution is 0.0423. The van der Waals surface area contributed by atoms with E-state index >= 15 is 0 Å². The highest BCUT2D eigenvalue weighted by Gasteiger charge is 2.35. The summed E-state index contributed by atoms with van der Waals surface area (Å²) in [7, 11) is 0. The molecule has 0 aliphatic heterocycles. The highest BCUT2D eigenvalue weighted by atomic mass is 19.1. The van der Waals surface area contributed by atoms with Gasteiger partial charge < -0.3 is 15.8 Å². The average Bonchev–Trinajstić information content (AvgIpc) is 2.12. The van der Waals surface area contributed by atoms with Crippen molar-refractivity contribution >= 4 is 6.09 Å². The van der Waals surface area contributed by atoms with Crippen LogP contribution in [0, 0.1) is 0 Å². The normalized spacial score (nSPS) is 29.8. The molecule has 0 saturated heterocycles. The summed E-state index contributed by atoms with van der Waals surface area (Å²) in [5.41, 5.74) is 3.80. The third-order valence-electron chi connectivity index (χ3n) is 2.78. The van der Waals surface area contributed by atoms with Gasteiger partial charge in [-0.05, 0) is 46.5 Å². The van der Waals surface area contributed by atoms with Crippen molar-refractivity contribution < 1.29 is 13.9 Å². The number of ether oxygens (including phenoxy) is 1. The van der Waals surface area contributed by atoms with Gasteiger partial charge in [-0.25, -0.2) is 9.18 Å². The maximum atomic E-state index is 14.3. The molecule has 1 aliphatic carbocycles. The minimum absolute atomic E-state index is 0.0182. The number of carbonyl (C=O) groups excluding carboxylic acids is 1. The van der Waals surface area contributed by atoms with Gasteiger partial charge in [-0.2, -0.15) is 0 Å². The molecule has 0 radical (unpaired) electrons. The average molecular weight is 246 g/mol. The molecule has 100 valence electrons. The van der Waals surface area contributed by atoms with Crippen molar-refractivity contribution in [2.24, 2.45) is 5.73 Å². The fraction of sp³-hybridized carbons (Fsp3) is 0.917. The van der Waals surface area contributed by atoms with E-state index < -0.39 is 17.4 Å². The van der Waals surface area contributed by atoms with Crippen LogP contribution >= 0.6 is 0 Å². The zero-order chi connectivity index (χ0) is 13.1. The van der Waals surface area contributed by atoms with Gasteiger partial charge in [-0.3, -0.25) is 0 Å². The Balaban J connectivity index is 2.36. The van der Waals surface area contributed by atoms with Crippen LogP contribution in [0.2, 0.25) is 0 Å². The minimum Gasteiger partial charge on any atom is -0.444 e. The summed E-state index contributed by atoms with van der Waals surface area (Å²) in [5.74, 6) is 0. The highest BCUT2D eigenvalue weighted by molar-refractivity contribution is 5.67. The van der Waals surface area contributed by atoms with Crippen molar-refractivity contribution in [2.45, 2.75) is 63.8 Å². The van der Waals surface area contributed by atoms with Gasteiger partial charge >= 0.3 is 6.09 Å². The molecule has 0 aromatic heterocycles. The maximum Gasteiger partial charge on any atom is 0.407 e. The molecular formula is C12H23FN2O2. The lowest BCUT2D eigenvalue weighted by Crippen LogP contribution is -2.47. The number of amides is 1. The first kappa shape index (κ1) is 14.2. The van der Waals surface area contributed by atoms with Crippen molar-refractivity contribution in [3.05, 3.63) is 0 Å². The summed E-state index contributed by atoms with van der Waals surface area (Å²) in [6.07, 6.45) is 1.82. The molecular weight excluding hydrogens is 223 g/mol. The topological polar surface area (TPSA) is 64.3 Å². The first-order chi connectivity index (χ1) is 7.70. The number of hydrogen-bond donors (Lipinski definition) is 2. The molecule has 0 aromatic rings. The van der Waals surface area contributed by atoms with Crippen LogP contribution < -0.4 is 11.1 Å². The van der Waals surface area contributed by atoms with Crippen LogP contribution in [0.4, 0.5) is 9.18 Å². The number of alkyl halides is 1. The molecule has 5 heteroatoms. The SMILES string of the molecule is CC(C)(C)OC(=O)NCC1(F)CCCC(N)C1. The molecule has 0 bridgehead atoms. The Bertz CT molecular complexity index is 278. The van der Waals surface area contributed by atoms with E-state index in [9.17, 15) is 9.18 Å². The van der Waals surface area contributed by atoms with E-state index in [1.165, 1.54) is 0 Å². The molecule has 3 N–H and O–H groups in total. The quantitative estimate of drug-likeness (QED) is 0.784. The predicted molar refractivity (Wildman–Crippen MR) is 64.5 cm³/mol. The van der Waals surface area contributed by atoms with E-state index in [0.29, 0.717) is 12.8 Å². The molecule has 1 saturated carbocycles. The van der Waals surface area contributed by atoms with Crippen LogP contribution in [-0.2, 0) is 4.74 Å². The number of alkyl carbamates (subject to hydrolysis) is 1. The van der Waals surface area contributed by atoms with Crippen LogP contribution in [0.15, 0.2) is 0 Å². The second-order valence-electron chi connectivity index (χ2n) is 5.86.